The van der Waals surface area contributed by atoms with E-state index in [9.17, 15) is 4.79 Å². The minimum absolute atomic E-state index is 0.0567. The number of primary amides is 1. The summed E-state index contributed by atoms with van der Waals surface area (Å²) in [6, 6.07) is 5.51. The van der Waals surface area contributed by atoms with Gasteiger partial charge < -0.3 is 10.6 Å². The molecule has 110 valence electrons. The molecule has 20 heavy (non-hydrogen) atoms. The molecular weight excluding hydrogens is 315 g/mol. The Balaban J connectivity index is 1.74. The molecule has 0 aromatic heterocycles. The summed E-state index contributed by atoms with van der Waals surface area (Å²) >= 11 is 13.8. The highest BCUT2D eigenvalue weighted by atomic mass is 35.5. The van der Waals surface area contributed by atoms with E-state index in [-0.39, 0.29) is 11.8 Å². The van der Waals surface area contributed by atoms with Gasteiger partial charge in [-0.05, 0) is 44.1 Å². The Kier molecular flexibility index (Phi) is 6.02. The Labute approximate surface area is 133 Å². The Morgan fingerprint density at radius 1 is 1.35 bits per heavy atom. The minimum Gasteiger partial charge on any atom is -0.369 e. The van der Waals surface area contributed by atoms with E-state index in [1.165, 1.54) is 0 Å². The molecule has 0 aliphatic carbocycles. The molecule has 1 aromatic rings. The van der Waals surface area contributed by atoms with E-state index < -0.39 is 0 Å². The van der Waals surface area contributed by atoms with Gasteiger partial charge in [-0.25, -0.2) is 0 Å². The molecule has 0 saturated carbocycles. The Bertz CT molecular complexity index is 476. The molecule has 1 saturated heterocycles. The van der Waals surface area contributed by atoms with Crippen LogP contribution in [0.5, 0.6) is 0 Å². The number of likely N-dealkylation sites (tertiary alicyclic amines) is 1. The van der Waals surface area contributed by atoms with Gasteiger partial charge in [-0.2, -0.15) is 0 Å². The molecule has 2 N–H and O–H groups in total. The third kappa shape index (κ3) is 4.55. The van der Waals surface area contributed by atoms with Crippen LogP contribution in [0, 0.1) is 5.92 Å². The van der Waals surface area contributed by atoms with Crippen LogP contribution in [0.3, 0.4) is 0 Å². The highest BCUT2D eigenvalue weighted by molar-refractivity contribution is 7.99. The maximum Gasteiger partial charge on any atom is 0.220 e. The van der Waals surface area contributed by atoms with Gasteiger partial charge in [-0.15, -0.1) is 11.8 Å². The molecule has 2 rings (SSSR count). The zero-order chi connectivity index (χ0) is 14.5. The number of carbonyl (C=O) groups is 1. The second-order valence-corrected chi connectivity index (χ2v) is 6.92. The normalized spacial score (nSPS) is 17.3. The van der Waals surface area contributed by atoms with Gasteiger partial charge in [0.25, 0.3) is 0 Å². The SMILES string of the molecule is NC(=O)C1CCN(CCSc2cc(Cl)ccc2Cl)CC1. The molecule has 1 aromatic carbocycles. The number of rotatable bonds is 5. The molecule has 3 nitrogen and oxygen atoms in total. The first kappa shape index (κ1) is 16.0. The summed E-state index contributed by atoms with van der Waals surface area (Å²) in [7, 11) is 0. The second-order valence-electron chi connectivity index (χ2n) is 4.94. The van der Waals surface area contributed by atoms with Crippen molar-refractivity contribution in [3.63, 3.8) is 0 Å². The Morgan fingerprint density at radius 3 is 2.70 bits per heavy atom. The molecule has 1 fully saturated rings. The van der Waals surface area contributed by atoms with Crippen molar-refractivity contribution in [2.45, 2.75) is 17.7 Å². The number of hydrogen-bond donors (Lipinski definition) is 1. The predicted molar refractivity (Wildman–Crippen MR) is 85.5 cm³/mol. The summed E-state index contributed by atoms with van der Waals surface area (Å²) in [5.41, 5.74) is 5.33. The summed E-state index contributed by atoms with van der Waals surface area (Å²) in [4.78, 5) is 14.5. The van der Waals surface area contributed by atoms with Crippen LogP contribution in [0.1, 0.15) is 12.8 Å². The molecule has 0 unspecified atom stereocenters. The summed E-state index contributed by atoms with van der Waals surface area (Å²) in [5.74, 6) is 0.854. The zero-order valence-corrected chi connectivity index (χ0v) is 13.5. The van der Waals surface area contributed by atoms with E-state index in [4.69, 9.17) is 28.9 Å². The molecule has 6 heteroatoms. The van der Waals surface area contributed by atoms with Crippen LogP contribution in [0.15, 0.2) is 23.1 Å². The lowest BCUT2D eigenvalue weighted by Crippen LogP contribution is -2.39. The van der Waals surface area contributed by atoms with E-state index in [2.05, 4.69) is 4.90 Å². The van der Waals surface area contributed by atoms with Crippen molar-refractivity contribution in [3.8, 4) is 0 Å². The highest BCUT2D eigenvalue weighted by Crippen LogP contribution is 2.30. The molecule has 1 amide bonds. The van der Waals surface area contributed by atoms with Crippen molar-refractivity contribution in [3.05, 3.63) is 28.2 Å². The Hall–Kier alpha value is -0.420. The number of hydrogen-bond acceptors (Lipinski definition) is 3. The van der Waals surface area contributed by atoms with Crippen molar-refractivity contribution in [2.24, 2.45) is 11.7 Å². The number of thioether (sulfide) groups is 1. The summed E-state index contributed by atoms with van der Waals surface area (Å²) in [6.07, 6.45) is 1.75. The standard InChI is InChI=1S/C14H18Cl2N2OS/c15-11-1-2-12(16)13(9-11)20-8-7-18-5-3-10(4-6-18)14(17)19/h1-2,9-10H,3-8H2,(H2,17,19). The fraction of sp³-hybridized carbons (Fsp3) is 0.500. The fourth-order valence-corrected chi connectivity index (χ4v) is 3.82. The molecule has 1 aliphatic heterocycles. The lowest BCUT2D eigenvalue weighted by molar-refractivity contribution is -0.123. The van der Waals surface area contributed by atoms with Gasteiger partial charge in [0, 0.05) is 28.1 Å². The third-order valence-corrected chi connectivity index (χ3v) is 5.26. The second kappa shape index (κ2) is 7.55. The largest absolute Gasteiger partial charge is 0.369 e. The fourth-order valence-electron chi connectivity index (χ4n) is 2.31. The number of carbonyl (C=O) groups excluding carboxylic acids is 1. The first-order valence-corrected chi connectivity index (χ1v) is 8.40. The average Bonchev–Trinajstić information content (AvgIpc) is 2.43. The number of nitrogens with two attached hydrogens (primary N) is 1. The van der Waals surface area contributed by atoms with Gasteiger partial charge in [-0.1, -0.05) is 23.2 Å². The molecule has 1 heterocycles. The minimum atomic E-state index is -0.162. The van der Waals surface area contributed by atoms with Gasteiger partial charge in [0.15, 0.2) is 0 Å². The number of nitrogens with zero attached hydrogens (tertiary/aromatic N) is 1. The maximum atomic E-state index is 11.1. The van der Waals surface area contributed by atoms with Gasteiger partial charge in [-0.3, -0.25) is 4.79 Å². The molecule has 0 bridgehead atoms. The monoisotopic (exact) mass is 332 g/mol. The topological polar surface area (TPSA) is 46.3 Å². The average molecular weight is 333 g/mol. The van der Waals surface area contributed by atoms with Crippen LogP contribution >= 0.6 is 35.0 Å². The predicted octanol–water partition coefficient (Wildman–Crippen LogP) is 3.28. The van der Waals surface area contributed by atoms with Crippen LogP contribution < -0.4 is 5.73 Å². The number of amides is 1. The number of halogens is 2. The van der Waals surface area contributed by atoms with Crippen LogP contribution in [0.4, 0.5) is 0 Å². The van der Waals surface area contributed by atoms with Crippen molar-refractivity contribution in [1.29, 1.82) is 0 Å². The molecule has 0 radical (unpaired) electrons. The van der Waals surface area contributed by atoms with Gasteiger partial charge in [0.1, 0.15) is 0 Å². The van der Waals surface area contributed by atoms with E-state index in [0.29, 0.717) is 5.02 Å². The zero-order valence-electron chi connectivity index (χ0n) is 11.1. The molecular formula is C14H18Cl2N2OS. The maximum absolute atomic E-state index is 11.1. The van der Waals surface area contributed by atoms with Crippen molar-refractivity contribution in [2.75, 3.05) is 25.4 Å². The highest BCUT2D eigenvalue weighted by Gasteiger charge is 2.22. The molecule has 0 spiro atoms. The molecule has 0 atom stereocenters. The summed E-state index contributed by atoms with van der Waals surface area (Å²) in [5, 5.41) is 1.45. The number of piperidine rings is 1. The van der Waals surface area contributed by atoms with Gasteiger partial charge >= 0.3 is 0 Å². The van der Waals surface area contributed by atoms with Crippen LogP contribution in [-0.2, 0) is 4.79 Å². The van der Waals surface area contributed by atoms with Gasteiger partial charge in [0.05, 0.1) is 5.02 Å². The molecule has 1 aliphatic rings. The third-order valence-electron chi connectivity index (χ3n) is 3.55. The van der Waals surface area contributed by atoms with Crippen LogP contribution in [0.2, 0.25) is 10.0 Å². The first-order chi connectivity index (χ1) is 9.56. The van der Waals surface area contributed by atoms with E-state index in [0.717, 1.165) is 48.1 Å². The summed E-state index contributed by atoms with van der Waals surface area (Å²) in [6.45, 7) is 2.87. The van der Waals surface area contributed by atoms with E-state index in [1.807, 2.05) is 12.1 Å². The Morgan fingerprint density at radius 2 is 2.05 bits per heavy atom. The van der Waals surface area contributed by atoms with Crippen molar-refractivity contribution < 1.29 is 4.79 Å². The smallest absolute Gasteiger partial charge is 0.220 e. The van der Waals surface area contributed by atoms with Crippen molar-refractivity contribution >= 4 is 40.9 Å². The van der Waals surface area contributed by atoms with Crippen LogP contribution in [-0.4, -0.2) is 36.2 Å². The van der Waals surface area contributed by atoms with Gasteiger partial charge in [0.2, 0.25) is 5.91 Å². The number of benzene rings is 1. The van der Waals surface area contributed by atoms with E-state index in [1.54, 1.807) is 17.8 Å². The van der Waals surface area contributed by atoms with Crippen molar-refractivity contribution in [1.82, 2.24) is 4.90 Å². The quantitative estimate of drug-likeness (QED) is 0.841. The summed E-state index contributed by atoms with van der Waals surface area (Å²) < 4.78 is 0. The first-order valence-electron chi connectivity index (χ1n) is 6.66. The lowest BCUT2D eigenvalue weighted by Gasteiger charge is -2.30. The van der Waals surface area contributed by atoms with E-state index >= 15 is 0 Å². The lowest BCUT2D eigenvalue weighted by atomic mass is 9.96. The van der Waals surface area contributed by atoms with Crippen LogP contribution in [0.25, 0.3) is 0 Å².